The first-order valence-corrected chi connectivity index (χ1v) is 7.30. The van der Waals surface area contributed by atoms with Gasteiger partial charge in [-0.25, -0.2) is 4.39 Å². The van der Waals surface area contributed by atoms with E-state index in [1.807, 2.05) is 0 Å². The Bertz CT molecular complexity index is 679. The quantitative estimate of drug-likeness (QED) is 0.807. The van der Waals surface area contributed by atoms with Gasteiger partial charge in [-0.1, -0.05) is 18.5 Å². The molecule has 0 aliphatic carbocycles. The molecule has 0 spiro atoms. The van der Waals surface area contributed by atoms with Crippen molar-refractivity contribution in [2.24, 2.45) is 0 Å². The summed E-state index contributed by atoms with van der Waals surface area (Å²) in [5.41, 5.74) is -1.46. The molecule has 1 N–H and O–H groups in total. The normalized spacial score (nSPS) is 14.6. The third kappa shape index (κ3) is 3.48. The predicted octanol–water partition coefficient (Wildman–Crippen LogP) is 4.77. The summed E-state index contributed by atoms with van der Waals surface area (Å²) >= 11 is 5.81. The van der Waals surface area contributed by atoms with Crippen LogP contribution in [0.25, 0.3) is 0 Å². The number of hydrogen-bond donors (Lipinski definition) is 1. The maximum atomic E-state index is 13.8. The van der Waals surface area contributed by atoms with E-state index in [0.717, 1.165) is 12.1 Å². The molecule has 0 radical (unpaired) electrons. The third-order valence-corrected chi connectivity index (χ3v) is 4.06. The molecular weight excluding hydrogens is 332 g/mol. The molecule has 0 bridgehead atoms. The van der Waals surface area contributed by atoms with E-state index in [1.165, 1.54) is 6.20 Å². The van der Waals surface area contributed by atoms with Gasteiger partial charge in [0.1, 0.15) is 5.82 Å². The van der Waals surface area contributed by atoms with Crippen LogP contribution in [0.4, 0.5) is 17.6 Å². The van der Waals surface area contributed by atoms with Crippen molar-refractivity contribution in [1.82, 2.24) is 10.3 Å². The lowest BCUT2D eigenvalue weighted by Crippen LogP contribution is -2.41. The summed E-state index contributed by atoms with van der Waals surface area (Å²) in [5, 5.41) is 3.39. The second kappa shape index (κ2) is 6.45. The third-order valence-electron chi connectivity index (χ3n) is 3.84. The lowest BCUT2D eigenvalue weighted by atomic mass is 9.83. The molecule has 23 heavy (non-hydrogen) atoms. The van der Waals surface area contributed by atoms with Gasteiger partial charge in [-0.15, -0.1) is 0 Å². The van der Waals surface area contributed by atoms with E-state index in [0.29, 0.717) is 23.2 Å². The maximum absolute atomic E-state index is 13.8. The van der Waals surface area contributed by atoms with Crippen molar-refractivity contribution in [3.05, 3.63) is 64.2 Å². The van der Waals surface area contributed by atoms with E-state index in [1.54, 1.807) is 26.1 Å². The van der Waals surface area contributed by atoms with Crippen molar-refractivity contribution < 1.29 is 17.6 Å². The number of pyridine rings is 1. The monoisotopic (exact) mass is 346 g/mol. The Labute approximate surface area is 136 Å². The van der Waals surface area contributed by atoms with Crippen molar-refractivity contribution in [3.8, 4) is 0 Å². The standard InChI is InChI=1S/C16H15ClF4N2/c1-3-15(22-2,14-5-4-12(17)9-23-14)10-6-11(16(19,20)21)8-13(18)7-10/h4-9,22H,3H2,1-2H3/t15-/m0/s1. The van der Waals surface area contributed by atoms with Gasteiger partial charge >= 0.3 is 6.18 Å². The maximum Gasteiger partial charge on any atom is 0.416 e. The lowest BCUT2D eigenvalue weighted by Gasteiger charge is -2.33. The second-order valence-corrected chi connectivity index (χ2v) is 5.53. The number of halogens is 5. The minimum absolute atomic E-state index is 0.157. The van der Waals surface area contributed by atoms with Gasteiger partial charge in [-0.05, 0) is 49.4 Å². The molecule has 2 aromatic rings. The largest absolute Gasteiger partial charge is 0.416 e. The topological polar surface area (TPSA) is 24.9 Å². The van der Waals surface area contributed by atoms with Crippen LogP contribution in [0.2, 0.25) is 5.02 Å². The molecule has 2 nitrogen and oxygen atoms in total. The molecule has 1 aromatic heterocycles. The fraction of sp³-hybridized carbons (Fsp3) is 0.312. The van der Waals surface area contributed by atoms with Crippen molar-refractivity contribution >= 4 is 11.6 Å². The SMILES string of the molecule is CC[C@](NC)(c1cc(F)cc(C(F)(F)F)c1)c1ccc(Cl)cn1. The van der Waals surface area contributed by atoms with Crippen molar-refractivity contribution in [2.75, 3.05) is 7.05 Å². The van der Waals surface area contributed by atoms with Gasteiger partial charge in [-0.2, -0.15) is 13.2 Å². The van der Waals surface area contributed by atoms with Crippen molar-refractivity contribution in [2.45, 2.75) is 25.1 Å². The Morgan fingerprint density at radius 3 is 2.26 bits per heavy atom. The van der Waals surface area contributed by atoms with E-state index in [9.17, 15) is 17.6 Å². The number of nitrogens with one attached hydrogen (secondary N) is 1. The summed E-state index contributed by atoms with van der Waals surface area (Å²) in [6, 6.07) is 5.72. The van der Waals surface area contributed by atoms with Crippen LogP contribution in [-0.4, -0.2) is 12.0 Å². The molecular formula is C16H15ClF4N2. The first-order chi connectivity index (χ1) is 10.7. The van der Waals surface area contributed by atoms with E-state index in [2.05, 4.69) is 10.3 Å². The molecule has 0 saturated heterocycles. The van der Waals surface area contributed by atoms with Crippen LogP contribution in [0.3, 0.4) is 0 Å². The first-order valence-electron chi connectivity index (χ1n) is 6.92. The molecule has 0 amide bonds. The van der Waals surface area contributed by atoms with Crippen LogP contribution >= 0.6 is 11.6 Å². The van der Waals surface area contributed by atoms with Crippen LogP contribution < -0.4 is 5.32 Å². The van der Waals surface area contributed by atoms with Crippen LogP contribution in [0.15, 0.2) is 36.5 Å². The molecule has 0 saturated carbocycles. The van der Waals surface area contributed by atoms with Gasteiger partial charge < -0.3 is 5.32 Å². The highest BCUT2D eigenvalue weighted by Gasteiger charge is 2.37. The fourth-order valence-corrected chi connectivity index (χ4v) is 2.72. The highest BCUT2D eigenvalue weighted by Crippen LogP contribution is 2.37. The van der Waals surface area contributed by atoms with Crippen molar-refractivity contribution in [3.63, 3.8) is 0 Å². The summed E-state index contributed by atoms with van der Waals surface area (Å²) in [4.78, 5) is 4.19. The van der Waals surface area contributed by atoms with Crippen LogP contribution in [0.5, 0.6) is 0 Å². The zero-order chi connectivity index (χ0) is 17.3. The summed E-state index contributed by atoms with van der Waals surface area (Å²) in [6.07, 6.45) is -2.85. The fourth-order valence-electron chi connectivity index (χ4n) is 2.61. The highest BCUT2D eigenvalue weighted by molar-refractivity contribution is 6.30. The van der Waals surface area contributed by atoms with Gasteiger partial charge in [0.2, 0.25) is 0 Å². The highest BCUT2D eigenvalue weighted by atomic mass is 35.5. The van der Waals surface area contributed by atoms with E-state index in [-0.39, 0.29) is 5.56 Å². The summed E-state index contributed by atoms with van der Waals surface area (Å²) in [7, 11) is 1.60. The van der Waals surface area contributed by atoms with Gasteiger partial charge in [0.15, 0.2) is 0 Å². The van der Waals surface area contributed by atoms with Gasteiger partial charge in [-0.3, -0.25) is 4.98 Å². The Hall–Kier alpha value is -1.66. The Balaban J connectivity index is 2.66. The molecule has 0 aliphatic rings. The molecule has 1 aromatic carbocycles. The smallest absolute Gasteiger partial charge is 0.306 e. The lowest BCUT2D eigenvalue weighted by molar-refractivity contribution is -0.137. The first kappa shape index (κ1) is 17.7. The average molecular weight is 347 g/mol. The number of nitrogens with zero attached hydrogens (tertiary/aromatic N) is 1. The summed E-state index contributed by atoms with van der Waals surface area (Å²) in [5.74, 6) is -0.947. The van der Waals surface area contributed by atoms with Crippen LogP contribution in [-0.2, 0) is 11.7 Å². The molecule has 1 atom stereocenters. The van der Waals surface area contributed by atoms with E-state index in [4.69, 9.17) is 11.6 Å². The number of aromatic nitrogens is 1. The Morgan fingerprint density at radius 2 is 1.78 bits per heavy atom. The molecule has 1 heterocycles. The van der Waals surface area contributed by atoms with E-state index < -0.39 is 23.1 Å². The minimum Gasteiger partial charge on any atom is -0.306 e. The van der Waals surface area contributed by atoms with Crippen molar-refractivity contribution in [1.29, 1.82) is 0 Å². The number of alkyl halides is 3. The zero-order valence-electron chi connectivity index (χ0n) is 12.5. The molecule has 0 fully saturated rings. The summed E-state index contributed by atoms with van der Waals surface area (Å²) in [6.45, 7) is 1.78. The molecule has 2 rings (SSSR count). The Kier molecular flexibility index (Phi) is 4.96. The van der Waals surface area contributed by atoms with Crippen LogP contribution in [0.1, 0.15) is 30.2 Å². The minimum atomic E-state index is -4.63. The molecule has 0 aliphatic heterocycles. The summed E-state index contributed by atoms with van der Waals surface area (Å²) < 4.78 is 52.7. The Morgan fingerprint density at radius 1 is 1.13 bits per heavy atom. The number of rotatable bonds is 4. The second-order valence-electron chi connectivity index (χ2n) is 5.10. The predicted molar refractivity (Wildman–Crippen MR) is 80.8 cm³/mol. The number of benzene rings is 1. The van der Waals surface area contributed by atoms with Gasteiger partial charge in [0.05, 0.1) is 21.8 Å². The number of hydrogen-bond acceptors (Lipinski definition) is 2. The average Bonchev–Trinajstić information content (AvgIpc) is 2.49. The zero-order valence-corrected chi connectivity index (χ0v) is 13.3. The molecule has 124 valence electrons. The van der Waals surface area contributed by atoms with Gasteiger partial charge in [0.25, 0.3) is 0 Å². The van der Waals surface area contributed by atoms with E-state index >= 15 is 0 Å². The molecule has 7 heteroatoms. The molecule has 0 unspecified atom stereocenters. The van der Waals surface area contributed by atoms with Crippen LogP contribution in [0, 0.1) is 5.82 Å². The van der Waals surface area contributed by atoms with Gasteiger partial charge in [0, 0.05) is 6.20 Å².